The molecule has 1 unspecified atom stereocenters. The maximum Gasteiger partial charge on any atom is 0.301 e. The highest BCUT2D eigenvalue weighted by Gasteiger charge is 2.18. The molecule has 2 aromatic carbocycles. The zero-order valence-corrected chi connectivity index (χ0v) is 21.5. The number of fused-ring (bicyclic) bond motifs is 3. The number of rotatable bonds is 10. The molecule has 0 fully saturated rings. The maximum absolute atomic E-state index is 12.0. The minimum Gasteiger partial charge on any atom is -0.506 e. The van der Waals surface area contributed by atoms with Crippen LogP contribution in [0.2, 0.25) is 0 Å². The van der Waals surface area contributed by atoms with E-state index in [0.29, 0.717) is 18.7 Å². The molecule has 9 nitrogen and oxygen atoms in total. The van der Waals surface area contributed by atoms with Crippen molar-refractivity contribution in [2.45, 2.75) is 31.8 Å². The Hall–Kier alpha value is -2.50. The number of hydrogen-bond donors (Lipinski definition) is 5. The zero-order valence-electron chi connectivity index (χ0n) is 19.9. The number of aliphatic hydroxyl groups excluding tert-OH is 1. The number of hydrogen-bond acceptors (Lipinski definition) is 6. The number of aryl methyl sites for hydroxylation is 2. The number of nitrogens with zero attached hydrogens (tertiary/aromatic N) is 1. The monoisotopic (exact) mass is 524 g/mol. The van der Waals surface area contributed by atoms with Gasteiger partial charge in [-0.25, -0.2) is 0 Å². The van der Waals surface area contributed by atoms with Crippen molar-refractivity contribution < 1.29 is 23.4 Å². The molecule has 0 radical (unpaired) electrons. The van der Waals surface area contributed by atoms with Gasteiger partial charge in [-0.3, -0.25) is 4.72 Å². The molecule has 5 N–H and O–H groups in total. The summed E-state index contributed by atoms with van der Waals surface area (Å²) in [6.45, 7) is 1.20. The molecule has 1 aromatic heterocycles. The van der Waals surface area contributed by atoms with E-state index in [1.165, 1.54) is 55.7 Å². The van der Waals surface area contributed by atoms with Gasteiger partial charge < -0.3 is 25.3 Å². The van der Waals surface area contributed by atoms with Crippen LogP contribution < -0.4 is 14.8 Å². The molecule has 0 saturated heterocycles. The third-order valence-electron chi connectivity index (χ3n) is 6.08. The Bertz CT molecular complexity index is 1260. The molecule has 35 heavy (non-hydrogen) atoms. The summed E-state index contributed by atoms with van der Waals surface area (Å²) in [6.07, 6.45) is 3.83. The molecule has 1 aliphatic rings. The summed E-state index contributed by atoms with van der Waals surface area (Å²) in [7, 11) is -1.01. The van der Waals surface area contributed by atoms with E-state index in [4.69, 9.17) is 4.74 Å². The van der Waals surface area contributed by atoms with Gasteiger partial charge in [0.2, 0.25) is 0 Å². The average molecular weight is 525 g/mol. The van der Waals surface area contributed by atoms with Gasteiger partial charge in [-0.15, -0.1) is 12.4 Å². The molecule has 0 amide bonds. The lowest BCUT2D eigenvalue weighted by atomic mass is 9.96. The third kappa shape index (κ3) is 6.39. The summed E-state index contributed by atoms with van der Waals surface area (Å²) in [6, 6.07) is 10.5. The Balaban J connectivity index is 0.00000342. The number of ether oxygens (including phenoxy) is 1. The summed E-state index contributed by atoms with van der Waals surface area (Å²) in [5.41, 5.74) is 4.39. The number of aromatic nitrogens is 1. The van der Waals surface area contributed by atoms with Crippen molar-refractivity contribution in [1.29, 1.82) is 0 Å². The van der Waals surface area contributed by atoms with Crippen LogP contribution >= 0.6 is 12.4 Å². The molecule has 3 aromatic rings. The van der Waals surface area contributed by atoms with E-state index in [2.05, 4.69) is 21.1 Å². The van der Waals surface area contributed by atoms with Crippen molar-refractivity contribution in [3.63, 3.8) is 0 Å². The predicted molar refractivity (Wildman–Crippen MR) is 140 cm³/mol. The van der Waals surface area contributed by atoms with Crippen LogP contribution in [0.25, 0.3) is 10.9 Å². The molecule has 0 aliphatic heterocycles. The minimum atomic E-state index is -3.77. The Labute approximate surface area is 212 Å². The maximum atomic E-state index is 12.0. The van der Waals surface area contributed by atoms with E-state index < -0.39 is 16.3 Å². The van der Waals surface area contributed by atoms with Gasteiger partial charge in [0.25, 0.3) is 0 Å². The molecule has 0 spiro atoms. The fraction of sp³-hybridized carbons (Fsp3) is 0.417. The van der Waals surface area contributed by atoms with Crippen LogP contribution in [0.4, 0.5) is 5.69 Å². The number of aromatic hydroxyl groups is 1. The number of phenolic OH excluding ortho intramolecular Hbond substituents is 1. The molecule has 1 atom stereocenters. The summed E-state index contributed by atoms with van der Waals surface area (Å²) in [4.78, 5) is 3.53. The molecular weight excluding hydrogens is 492 g/mol. The summed E-state index contributed by atoms with van der Waals surface area (Å²) < 4.78 is 33.2. The van der Waals surface area contributed by atoms with Crippen molar-refractivity contribution in [2.24, 2.45) is 0 Å². The SMILES string of the molecule is CN(C)S(=O)(=O)Nc1cc(C(O)CNCCOc2ccc3c4c([nH]c3c2)CCCC4)ccc1O.Cl. The third-order valence-corrected chi connectivity index (χ3v) is 7.52. The summed E-state index contributed by atoms with van der Waals surface area (Å²) >= 11 is 0. The number of halogens is 1. The van der Waals surface area contributed by atoms with Gasteiger partial charge in [0, 0.05) is 49.8 Å². The number of aromatic amines is 1. The highest BCUT2D eigenvalue weighted by atomic mass is 35.5. The van der Waals surface area contributed by atoms with Crippen molar-refractivity contribution in [1.82, 2.24) is 14.6 Å². The van der Waals surface area contributed by atoms with Crippen LogP contribution in [-0.2, 0) is 23.1 Å². The number of benzene rings is 2. The summed E-state index contributed by atoms with van der Waals surface area (Å²) in [5.74, 6) is 0.576. The Morgan fingerprint density at radius 1 is 1.14 bits per heavy atom. The highest BCUT2D eigenvalue weighted by Crippen LogP contribution is 2.31. The van der Waals surface area contributed by atoms with Gasteiger partial charge in [0.05, 0.1) is 11.8 Å². The molecule has 0 saturated carbocycles. The van der Waals surface area contributed by atoms with E-state index in [-0.39, 0.29) is 30.4 Å². The van der Waals surface area contributed by atoms with E-state index in [1.807, 2.05) is 12.1 Å². The smallest absolute Gasteiger partial charge is 0.301 e. The van der Waals surface area contributed by atoms with Gasteiger partial charge >= 0.3 is 10.2 Å². The fourth-order valence-corrected chi connectivity index (χ4v) is 4.78. The Morgan fingerprint density at radius 3 is 2.69 bits per heavy atom. The van der Waals surface area contributed by atoms with E-state index in [0.717, 1.165) is 28.4 Å². The largest absolute Gasteiger partial charge is 0.506 e. The number of phenols is 1. The Kier molecular flexibility index (Phi) is 8.89. The molecule has 4 rings (SSSR count). The first-order valence-electron chi connectivity index (χ1n) is 11.4. The number of aliphatic hydroxyl groups is 1. The van der Waals surface area contributed by atoms with Crippen LogP contribution in [0.1, 0.15) is 35.8 Å². The second kappa shape index (κ2) is 11.5. The molecule has 1 aliphatic carbocycles. The first kappa shape index (κ1) is 27.1. The number of H-pyrrole nitrogens is 1. The van der Waals surface area contributed by atoms with Crippen LogP contribution in [0.5, 0.6) is 11.5 Å². The van der Waals surface area contributed by atoms with E-state index in [9.17, 15) is 18.6 Å². The molecular formula is C24H33ClN4O5S. The van der Waals surface area contributed by atoms with Crippen molar-refractivity contribution >= 4 is 39.2 Å². The molecule has 0 bridgehead atoms. The summed E-state index contributed by atoms with van der Waals surface area (Å²) in [5, 5.41) is 24.9. The highest BCUT2D eigenvalue weighted by molar-refractivity contribution is 7.90. The van der Waals surface area contributed by atoms with E-state index in [1.54, 1.807) is 6.07 Å². The average Bonchev–Trinajstić information content (AvgIpc) is 3.17. The lowest BCUT2D eigenvalue weighted by Crippen LogP contribution is -2.29. The molecule has 1 heterocycles. The predicted octanol–water partition coefficient (Wildman–Crippen LogP) is 3.09. The second-order valence-corrected chi connectivity index (χ2v) is 10.6. The van der Waals surface area contributed by atoms with Crippen LogP contribution in [0, 0.1) is 0 Å². The molecule has 11 heteroatoms. The van der Waals surface area contributed by atoms with Crippen molar-refractivity contribution in [3.8, 4) is 11.5 Å². The quantitative estimate of drug-likeness (QED) is 0.205. The van der Waals surface area contributed by atoms with Gasteiger partial charge in [0.1, 0.15) is 18.1 Å². The van der Waals surface area contributed by atoms with Crippen molar-refractivity contribution in [3.05, 3.63) is 53.2 Å². The standard InChI is InChI=1S/C24H32N4O5S.ClH/c1-28(2)34(31,32)27-22-13-16(7-10-23(22)29)24(30)15-25-11-12-33-17-8-9-19-18-5-3-4-6-20(18)26-21(19)14-17;/h7-10,13-14,24-27,29-30H,3-6,11-12,15H2,1-2H3;1H. The zero-order chi connectivity index (χ0) is 24.3. The molecule has 192 valence electrons. The van der Waals surface area contributed by atoms with Crippen LogP contribution in [-0.4, -0.2) is 61.7 Å². The van der Waals surface area contributed by atoms with Gasteiger partial charge in [-0.2, -0.15) is 12.7 Å². The lowest BCUT2D eigenvalue weighted by molar-refractivity contribution is 0.172. The number of anilines is 1. The number of nitrogens with one attached hydrogen (secondary N) is 3. The topological polar surface area (TPSA) is 127 Å². The van der Waals surface area contributed by atoms with E-state index >= 15 is 0 Å². The normalized spacial score (nSPS) is 14.4. The van der Waals surface area contributed by atoms with Crippen LogP contribution in [0.3, 0.4) is 0 Å². The Morgan fingerprint density at radius 2 is 1.91 bits per heavy atom. The van der Waals surface area contributed by atoms with Gasteiger partial charge in [-0.1, -0.05) is 6.07 Å². The first-order chi connectivity index (χ1) is 16.2. The first-order valence-corrected chi connectivity index (χ1v) is 12.9. The van der Waals surface area contributed by atoms with Gasteiger partial charge in [0.15, 0.2) is 0 Å². The van der Waals surface area contributed by atoms with Crippen LogP contribution in [0.15, 0.2) is 36.4 Å². The van der Waals surface area contributed by atoms with Crippen molar-refractivity contribution in [2.75, 3.05) is 38.5 Å². The lowest BCUT2D eigenvalue weighted by Gasteiger charge is -2.17. The fourth-order valence-electron chi connectivity index (χ4n) is 4.15. The second-order valence-electron chi connectivity index (χ2n) is 8.73. The van der Waals surface area contributed by atoms with Gasteiger partial charge in [-0.05, 0) is 61.1 Å². The minimum absolute atomic E-state index is 0.